The number of carbonyl (C=O) groups is 2. The molecule has 1 fully saturated rings. The van der Waals surface area contributed by atoms with Gasteiger partial charge in [-0.25, -0.2) is 0 Å². The second-order valence-electron chi connectivity index (χ2n) is 6.39. The molecule has 0 unspecified atom stereocenters. The highest BCUT2D eigenvalue weighted by Crippen LogP contribution is 2.28. The minimum Gasteiger partial charge on any atom is -0.347 e. The molecule has 2 heterocycles. The molecule has 7 heteroatoms. The molecule has 0 spiro atoms. The van der Waals surface area contributed by atoms with Crippen molar-refractivity contribution >= 4 is 11.8 Å². The van der Waals surface area contributed by atoms with Crippen LogP contribution in [0.2, 0.25) is 0 Å². The van der Waals surface area contributed by atoms with Crippen molar-refractivity contribution < 1.29 is 14.1 Å². The van der Waals surface area contributed by atoms with E-state index in [4.69, 9.17) is 4.52 Å². The number of amides is 2. The largest absolute Gasteiger partial charge is 0.347 e. The van der Waals surface area contributed by atoms with Crippen LogP contribution in [0.15, 0.2) is 28.8 Å². The first-order valence-corrected chi connectivity index (χ1v) is 8.46. The summed E-state index contributed by atoms with van der Waals surface area (Å²) in [7, 11) is 0. The Morgan fingerprint density at radius 2 is 1.92 bits per heavy atom. The molecule has 25 heavy (non-hydrogen) atoms. The standard InChI is InChI=1S/C18H22N4O3/c1-12-3-5-14(6-4-12)17-20-18(25-21-17)15-7-9-22(10-8-15)16(24)11-19-13(2)23/h3-6,15H,7-11H2,1-2H3,(H,19,23). The molecule has 1 aliphatic rings. The zero-order chi connectivity index (χ0) is 17.8. The van der Waals surface area contributed by atoms with E-state index in [1.54, 1.807) is 4.90 Å². The van der Waals surface area contributed by atoms with Crippen LogP contribution in [0.5, 0.6) is 0 Å². The van der Waals surface area contributed by atoms with Crippen LogP contribution in [-0.4, -0.2) is 46.5 Å². The minimum absolute atomic E-state index is 0.0537. The van der Waals surface area contributed by atoms with Gasteiger partial charge in [0.15, 0.2) is 0 Å². The van der Waals surface area contributed by atoms with Crippen molar-refractivity contribution in [2.75, 3.05) is 19.6 Å². The van der Waals surface area contributed by atoms with Crippen molar-refractivity contribution in [2.45, 2.75) is 32.6 Å². The number of piperidine rings is 1. The molecule has 132 valence electrons. The first kappa shape index (κ1) is 17.1. The van der Waals surface area contributed by atoms with Gasteiger partial charge < -0.3 is 14.7 Å². The highest BCUT2D eigenvalue weighted by molar-refractivity contribution is 5.83. The van der Waals surface area contributed by atoms with Gasteiger partial charge in [-0.05, 0) is 19.8 Å². The number of nitrogens with one attached hydrogen (secondary N) is 1. The SMILES string of the molecule is CC(=O)NCC(=O)N1CCC(c2nc(-c3ccc(C)cc3)no2)CC1. The summed E-state index contributed by atoms with van der Waals surface area (Å²) >= 11 is 0. The smallest absolute Gasteiger partial charge is 0.241 e. The summed E-state index contributed by atoms with van der Waals surface area (Å²) < 4.78 is 5.44. The number of nitrogens with zero attached hydrogens (tertiary/aromatic N) is 3. The molecular formula is C18H22N4O3. The molecule has 0 aliphatic carbocycles. The van der Waals surface area contributed by atoms with Crippen molar-refractivity contribution in [1.82, 2.24) is 20.4 Å². The van der Waals surface area contributed by atoms with Gasteiger partial charge in [0.1, 0.15) is 0 Å². The quantitative estimate of drug-likeness (QED) is 0.916. The Balaban J connectivity index is 1.57. The van der Waals surface area contributed by atoms with Gasteiger partial charge in [0.05, 0.1) is 6.54 Å². The van der Waals surface area contributed by atoms with E-state index in [1.165, 1.54) is 12.5 Å². The molecule has 2 aromatic rings. The first-order valence-electron chi connectivity index (χ1n) is 8.46. The van der Waals surface area contributed by atoms with Crippen LogP contribution >= 0.6 is 0 Å². The summed E-state index contributed by atoms with van der Waals surface area (Å²) in [6.45, 7) is 4.75. The van der Waals surface area contributed by atoms with Crippen LogP contribution in [0, 0.1) is 6.92 Å². The molecule has 1 aromatic heterocycles. The highest BCUT2D eigenvalue weighted by atomic mass is 16.5. The Labute approximate surface area is 146 Å². The van der Waals surface area contributed by atoms with E-state index in [0.29, 0.717) is 24.8 Å². The van der Waals surface area contributed by atoms with E-state index in [1.807, 2.05) is 31.2 Å². The van der Waals surface area contributed by atoms with Gasteiger partial charge >= 0.3 is 0 Å². The topological polar surface area (TPSA) is 88.3 Å². The average Bonchev–Trinajstić information content (AvgIpc) is 3.10. The molecule has 3 rings (SSSR count). The first-order chi connectivity index (χ1) is 12.0. The minimum atomic E-state index is -0.197. The summed E-state index contributed by atoms with van der Waals surface area (Å²) in [5.41, 5.74) is 2.12. The van der Waals surface area contributed by atoms with Crippen LogP contribution < -0.4 is 5.32 Å². The molecule has 1 aromatic carbocycles. The van der Waals surface area contributed by atoms with E-state index < -0.39 is 0 Å². The Kier molecular flexibility index (Phi) is 5.11. The van der Waals surface area contributed by atoms with E-state index in [-0.39, 0.29) is 24.3 Å². The van der Waals surface area contributed by atoms with E-state index in [0.717, 1.165) is 18.4 Å². The van der Waals surface area contributed by atoms with Crippen LogP contribution in [0.3, 0.4) is 0 Å². The monoisotopic (exact) mass is 342 g/mol. The maximum absolute atomic E-state index is 12.0. The fourth-order valence-electron chi connectivity index (χ4n) is 2.91. The molecule has 1 N–H and O–H groups in total. The van der Waals surface area contributed by atoms with Crippen molar-refractivity contribution in [2.24, 2.45) is 0 Å². The van der Waals surface area contributed by atoms with E-state index in [9.17, 15) is 9.59 Å². The maximum atomic E-state index is 12.0. The Morgan fingerprint density at radius 3 is 2.56 bits per heavy atom. The van der Waals surface area contributed by atoms with Gasteiger partial charge in [-0.15, -0.1) is 0 Å². The number of hydrogen-bond donors (Lipinski definition) is 1. The second kappa shape index (κ2) is 7.46. The number of aryl methyl sites for hydroxylation is 1. The number of aromatic nitrogens is 2. The van der Waals surface area contributed by atoms with Gasteiger partial charge in [-0.2, -0.15) is 4.98 Å². The third-order valence-electron chi connectivity index (χ3n) is 4.44. The Bertz CT molecular complexity index is 746. The fraction of sp³-hybridized carbons (Fsp3) is 0.444. The summed E-state index contributed by atoms with van der Waals surface area (Å²) in [5, 5.41) is 6.62. The maximum Gasteiger partial charge on any atom is 0.241 e. The Hall–Kier alpha value is -2.70. The average molecular weight is 342 g/mol. The number of rotatable bonds is 4. The summed E-state index contributed by atoms with van der Waals surface area (Å²) in [4.78, 5) is 29.2. The summed E-state index contributed by atoms with van der Waals surface area (Å²) in [6.07, 6.45) is 1.56. The van der Waals surface area contributed by atoms with Crippen molar-refractivity contribution in [3.63, 3.8) is 0 Å². The van der Waals surface area contributed by atoms with Crippen LogP contribution in [-0.2, 0) is 9.59 Å². The zero-order valence-corrected chi connectivity index (χ0v) is 14.5. The predicted molar refractivity (Wildman–Crippen MR) is 91.7 cm³/mol. The third-order valence-corrected chi connectivity index (χ3v) is 4.44. The van der Waals surface area contributed by atoms with Gasteiger partial charge in [-0.3, -0.25) is 9.59 Å². The molecule has 1 aliphatic heterocycles. The van der Waals surface area contributed by atoms with Crippen molar-refractivity contribution in [1.29, 1.82) is 0 Å². The van der Waals surface area contributed by atoms with Gasteiger partial charge in [0.25, 0.3) is 0 Å². The lowest BCUT2D eigenvalue weighted by molar-refractivity contribution is -0.133. The van der Waals surface area contributed by atoms with Crippen molar-refractivity contribution in [3.05, 3.63) is 35.7 Å². The zero-order valence-electron chi connectivity index (χ0n) is 14.5. The van der Waals surface area contributed by atoms with Gasteiger partial charge in [0.2, 0.25) is 23.5 Å². The summed E-state index contributed by atoms with van der Waals surface area (Å²) in [6, 6.07) is 8.00. The number of likely N-dealkylation sites (tertiary alicyclic amines) is 1. The highest BCUT2D eigenvalue weighted by Gasteiger charge is 2.27. The molecule has 0 bridgehead atoms. The molecule has 0 saturated carbocycles. The van der Waals surface area contributed by atoms with Gasteiger partial charge in [0, 0.05) is 31.5 Å². The normalized spacial score (nSPS) is 15.2. The molecule has 0 radical (unpaired) electrons. The van der Waals surface area contributed by atoms with Gasteiger partial charge in [-0.1, -0.05) is 35.0 Å². The lowest BCUT2D eigenvalue weighted by Gasteiger charge is -2.30. The van der Waals surface area contributed by atoms with E-state index in [2.05, 4.69) is 15.5 Å². The lowest BCUT2D eigenvalue weighted by Crippen LogP contribution is -2.43. The second-order valence-corrected chi connectivity index (χ2v) is 6.39. The van der Waals surface area contributed by atoms with Crippen LogP contribution in [0.25, 0.3) is 11.4 Å². The Morgan fingerprint density at radius 1 is 1.24 bits per heavy atom. The molecule has 0 atom stereocenters. The number of benzene rings is 1. The molecule has 7 nitrogen and oxygen atoms in total. The molecule has 2 amide bonds. The van der Waals surface area contributed by atoms with Crippen LogP contribution in [0.1, 0.15) is 37.1 Å². The number of hydrogen-bond acceptors (Lipinski definition) is 5. The lowest BCUT2D eigenvalue weighted by atomic mass is 9.96. The summed E-state index contributed by atoms with van der Waals surface area (Å²) in [5.74, 6) is 1.14. The third kappa shape index (κ3) is 4.23. The molecular weight excluding hydrogens is 320 g/mol. The predicted octanol–water partition coefficient (Wildman–Crippen LogP) is 1.89. The van der Waals surface area contributed by atoms with Crippen LogP contribution in [0.4, 0.5) is 0 Å². The van der Waals surface area contributed by atoms with E-state index >= 15 is 0 Å². The fourth-order valence-corrected chi connectivity index (χ4v) is 2.91. The molecule has 1 saturated heterocycles. The van der Waals surface area contributed by atoms with Crippen molar-refractivity contribution in [3.8, 4) is 11.4 Å². The number of carbonyl (C=O) groups excluding carboxylic acids is 2.